The summed E-state index contributed by atoms with van der Waals surface area (Å²) in [4.78, 5) is 36.2. The van der Waals surface area contributed by atoms with Crippen LogP contribution in [0.15, 0.2) is 41.3 Å². The summed E-state index contributed by atoms with van der Waals surface area (Å²) in [5.74, 6) is -0.491. The lowest BCUT2D eigenvalue weighted by Crippen LogP contribution is -2.26. The largest absolute Gasteiger partial charge is 0.326 e. The highest BCUT2D eigenvalue weighted by Gasteiger charge is 2.12. The van der Waals surface area contributed by atoms with Crippen molar-refractivity contribution in [3.8, 4) is 6.07 Å². The normalized spacial score (nSPS) is 10.4. The molecule has 6 heteroatoms. The fraction of sp³-hybridized carbons (Fsp3) is 0.263. The fourth-order valence-corrected chi connectivity index (χ4v) is 2.20. The third-order valence-corrected chi connectivity index (χ3v) is 3.80. The molecule has 1 aromatic carbocycles. The molecule has 25 heavy (non-hydrogen) atoms. The number of aryl methyl sites for hydroxylation is 1. The molecule has 2 rings (SSSR count). The minimum Gasteiger partial charge on any atom is -0.326 e. The highest BCUT2D eigenvalue weighted by Crippen LogP contribution is 2.12. The van der Waals surface area contributed by atoms with Crippen LogP contribution in [-0.4, -0.2) is 16.3 Å². The molecule has 0 fully saturated rings. The molecule has 0 saturated carbocycles. The van der Waals surface area contributed by atoms with E-state index in [2.05, 4.69) is 5.32 Å². The van der Waals surface area contributed by atoms with Gasteiger partial charge >= 0.3 is 0 Å². The van der Waals surface area contributed by atoms with E-state index >= 15 is 0 Å². The lowest BCUT2D eigenvalue weighted by molar-refractivity contribution is -0.118. The second-order valence-corrected chi connectivity index (χ2v) is 6.06. The predicted molar refractivity (Wildman–Crippen MR) is 94.4 cm³/mol. The first-order chi connectivity index (χ1) is 11.8. The average Bonchev–Trinajstić information content (AvgIpc) is 2.58. The Labute approximate surface area is 145 Å². The second kappa shape index (κ2) is 7.58. The molecular formula is C19H19N3O3. The van der Waals surface area contributed by atoms with Crippen LogP contribution in [0.4, 0.5) is 5.69 Å². The topological polar surface area (TPSA) is 92.0 Å². The van der Waals surface area contributed by atoms with Crippen LogP contribution >= 0.6 is 0 Å². The molecule has 0 aliphatic heterocycles. The number of hydrogen-bond donors (Lipinski definition) is 1. The Morgan fingerprint density at radius 3 is 2.40 bits per heavy atom. The van der Waals surface area contributed by atoms with E-state index in [1.165, 1.54) is 10.8 Å². The molecule has 0 unspecified atom stereocenters. The molecule has 0 radical (unpaired) electrons. The van der Waals surface area contributed by atoms with Crippen molar-refractivity contribution in [1.29, 1.82) is 5.26 Å². The predicted octanol–water partition coefficient (Wildman–Crippen LogP) is 2.51. The van der Waals surface area contributed by atoms with Crippen LogP contribution in [0.2, 0.25) is 0 Å². The highest BCUT2D eigenvalue weighted by atomic mass is 16.2. The summed E-state index contributed by atoms with van der Waals surface area (Å²) in [6.07, 6.45) is 1.51. The smallest absolute Gasteiger partial charge is 0.269 e. The monoisotopic (exact) mass is 337 g/mol. The number of anilines is 1. The molecule has 2 aromatic rings. The first-order valence-corrected chi connectivity index (χ1v) is 7.87. The quantitative estimate of drug-likeness (QED) is 0.849. The summed E-state index contributed by atoms with van der Waals surface area (Å²) < 4.78 is 1.22. The van der Waals surface area contributed by atoms with Crippen molar-refractivity contribution < 1.29 is 9.59 Å². The number of hydrogen-bond acceptors (Lipinski definition) is 4. The molecule has 0 bridgehead atoms. The Morgan fingerprint density at radius 1 is 1.20 bits per heavy atom. The van der Waals surface area contributed by atoms with E-state index in [-0.39, 0.29) is 29.7 Å². The van der Waals surface area contributed by atoms with Crippen LogP contribution in [-0.2, 0) is 11.3 Å². The van der Waals surface area contributed by atoms with E-state index in [0.29, 0.717) is 16.8 Å². The molecule has 0 aliphatic rings. The maximum atomic E-state index is 12.4. The van der Waals surface area contributed by atoms with E-state index in [0.717, 1.165) is 0 Å². The van der Waals surface area contributed by atoms with Gasteiger partial charge in [0, 0.05) is 23.4 Å². The Morgan fingerprint density at radius 2 is 1.84 bits per heavy atom. The van der Waals surface area contributed by atoms with E-state index < -0.39 is 5.56 Å². The second-order valence-electron chi connectivity index (χ2n) is 6.06. The average molecular weight is 337 g/mol. The zero-order valence-corrected chi connectivity index (χ0v) is 14.4. The van der Waals surface area contributed by atoms with Gasteiger partial charge in [-0.1, -0.05) is 13.8 Å². The van der Waals surface area contributed by atoms with Crippen LogP contribution in [0.25, 0.3) is 0 Å². The summed E-state index contributed by atoms with van der Waals surface area (Å²) in [5, 5.41) is 11.8. The zero-order chi connectivity index (χ0) is 18.6. The van der Waals surface area contributed by atoms with Crippen molar-refractivity contribution in [2.24, 2.45) is 5.92 Å². The molecule has 1 heterocycles. The number of nitriles is 1. The van der Waals surface area contributed by atoms with Crippen molar-refractivity contribution in [3.05, 3.63) is 63.6 Å². The maximum Gasteiger partial charge on any atom is 0.269 e. The van der Waals surface area contributed by atoms with E-state index in [1.54, 1.807) is 51.1 Å². The number of carbonyl (C=O) groups excluding carboxylic acids is 2. The van der Waals surface area contributed by atoms with Crippen molar-refractivity contribution in [1.82, 2.24) is 4.57 Å². The molecular weight excluding hydrogens is 318 g/mol. The summed E-state index contributed by atoms with van der Waals surface area (Å²) in [6.45, 7) is 5.12. The number of nitrogens with one attached hydrogen (secondary N) is 1. The van der Waals surface area contributed by atoms with Gasteiger partial charge in [0.05, 0.1) is 6.54 Å². The van der Waals surface area contributed by atoms with Gasteiger partial charge in [0.15, 0.2) is 5.78 Å². The van der Waals surface area contributed by atoms with Crippen molar-refractivity contribution in [2.45, 2.75) is 27.3 Å². The van der Waals surface area contributed by atoms with Crippen LogP contribution in [0.5, 0.6) is 0 Å². The van der Waals surface area contributed by atoms with Crippen LogP contribution in [0, 0.1) is 24.2 Å². The molecule has 1 amide bonds. The molecule has 0 atom stereocenters. The number of amides is 1. The molecule has 0 aliphatic carbocycles. The van der Waals surface area contributed by atoms with Gasteiger partial charge in [-0.3, -0.25) is 14.4 Å². The first-order valence-electron chi connectivity index (χ1n) is 7.87. The summed E-state index contributed by atoms with van der Waals surface area (Å²) in [5.41, 5.74) is 1.18. The fourth-order valence-electron chi connectivity index (χ4n) is 2.20. The molecule has 1 aromatic heterocycles. The summed E-state index contributed by atoms with van der Waals surface area (Å²) >= 11 is 0. The molecule has 6 nitrogen and oxygen atoms in total. The Balaban J connectivity index is 2.16. The number of ketones is 1. The zero-order valence-electron chi connectivity index (χ0n) is 14.4. The van der Waals surface area contributed by atoms with Crippen LogP contribution in [0.1, 0.15) is 35.3 Å². The molecule has 0 saturated heterocycles. The Bertz CT molecular complexity index is 903. The van der Waals surface area contributed by atoms with Gasteiger partial charge in [0.1, 0.15) is 11.6 Å². The molecule has 0 spiro atoms. The number of benzene rings is 1. The van der Waals surface area contributed by atoms with Gasteiger partial charge in [0.2, 0.25) is 5.91 Å². The van der Waals surface area contributed by atoms with Gasteiger partial charge in [-0.05, 0) is 42.8 Å². The van der Waals surface area contributed by atoms with E-state index in [1.807, 2.05) is 6.07 Å². The molecule has 128 valence electrons. The number of nitrogens with zero attached hydrogens (tertiary/aromatic N) is 2. The van der Waals surface area contributed by atoms with Crippen molar-refractivity contribution >= 4 is 17.4 Å². The summed E-state index contributed by atoms with van der Waals surface area (Å²) in [7, 11) is 0. The Hall–Kier alpha value is -3.20. The number of Topliss-reactive ketones (excluding diaryl/α,β-unsaturated/α-hetero) is 1. The number of rotatable bonds is 5. The Kier molecular flexibility index (Phi) is 5.50. The first kappa shape index (κ1) is 18.1. The number of aromatic nitrogens is 1. The maximum absolute atomic E-state index is 12.4. The van der Waals surface area contributed by atoms with Gasteiger partial charge in [0.25, 0.3) is 5.56 Å². The minimum absolute atomic E-state index is 0.0436. The third-order valence-electron chi connectivity index (χ3n) is 3.80. The van der Waals surface area contributed by atoms with Crippen molar-refractivity contribution in [2.75, 3.05) is 5.32 Å². The van der Waals surface area contributed by atoms with E-state index in [4.69, 9.17) is 5.26 Å². The van der Waals surface area contributed by atoms with Crippen LogP contribution in [0.3, 0.4) is 0 Å². The molecule has 1 N–H and O–H groups in total. The number of pyridine rings is 1. The van der Waals surface area contributed by atoms with Gasteiger partial charge < -0.3 is 9.88 Å². The highest BCUT2D eigenvalue weighted by molar-refractivity contribution is 5.97. The van der Waals surface area contributed by atoms with Gasteiger partial charge in [-0.15, -0.1) is 0 Å². The van der Waals surface area contributed by atoms with Crippen molar-refractivity contribution in [3.63, 3.8) is 0 Å². The standard InChI is InChI=1S/C19H19N3O3/c1-12(2)18(24)21-15-6-4-14(5-7-15)17(23)11-22-9-8-13(3)16(10-20)19(22)25/h4-9,12H,11H2,1-3H3,(H,21,24). The van der Waals surface area contributed by atoms with Gasteiger partial charge in [-0.25, -0.2) is 0 Å². The lowest BCUT2D eigenvalue weighted by Gasteiger charge is -2.09. The van der Waals surface area contributed by atoms with E-state index in [9.17, 15) is 14.4 Å². The SMILES string of the molecule is Cc1ccn(CC(=O)c2ccc(NC(=O)C(C)C)cc2)c(=O)c1C#N. The summed E-state index contributed by atoms with van der Waals surface area (Å²) in [6, 6.07) is 9.99. The minimum atomic E-state index is -0.475. The lowest BCUT2D eigenvalue weighted by atomic mass is 10.1. The number of carbonyl (C=O) groups is 2. The van der Waals surface area contributed by atoms with Gasteiger partial charge in [-0.2, -0.15) is 5.26 Å². The van der Waals surface area contributed by atoms with Crippen LogP contribution < -0.4 is 10.9 Å². The third kappa shape index (κ3) is 4.21.